The van der Waals surface area contributed by atoms with Gasteiger partial charge in [-0.15, -0.1) is 0 Å². The Kier molecular flexibility index (Phi) is 2.62. The number of hydrogen-bond donors (Lipinski definition) is 1. The zero-order valence-electron chi connectivity index (χ0n) is 10.9. The van der Waals surface area contributed by atoms with Crippen LogP contribution < -0.4 is 0 Å². The topological polar surface area (TPSA) is 63.6 Å². The number of ether oxygens (including phenoxy) is 1. The first kappa shape index (κ1) is 12.5. The van der Waals surface area contributed by atoms with E-state index in [1.54, 1.807) is 24.3 Å². The van der Waals surface area contributed by atoms with E-state index in [2.05, 4.69) is 0 Å². The molecule has 19 heavy (non-hydrogen) atoms. The Morgan fingerprint density at radius 3 is 2.37 bits per heavy atom. The van der Waals surface area contributed by atoms with Crippen molar-refractivity contribution in [2.24, 2.45) is 5.92 Å². The predicted molar refractivity (Wildman–Crippen MR) is 68.2 cm³/mol. The Morgan fingerprint density at radius 1 is 1.16 bits per heavy atom. The number of aliphatic hydroxyl groups is 1. The van der Waals surface area contributed by atoms with Crippen LogP contribution in [0.25, 0.3) is 0 Å². The highest BCUT2D eigenvalue weighted by molar-refractivity contribution is 6.17. The highest BCUT2D eigenvalue weighted by Gasteiger charge is 2.51. The average molecular weight is 260 g/mol. The lowest BCUT2D eigenvalue weighted by molar-refractivity contribution is -0.149. The van der Waals surface area contributed by atoms with E-state index in [1.807, 2.05) is 13.8 Å². The van der Waals surface area contributed by atoms with Crippen molar-refractivity contribution in [3.63, 3.8) is 0 Å². The van der Waals surface area contributed by atoms with Gasteiger partial charge in [-0.1, -0.05) is 24.3 Å². The molecule has 0 aromatic heterocycles. The van der Waals surface area contributed by atoms with Crippen LogP contribution in [-0.2, 0) is 4.74 Å². The lowest BCUT2D eigenvalue weighted by Gasteiger charge is -2.44. The van der Waals surface area contributed by atoms with E-state index in [9.17, 15) is 14.7 Å². The molecule has 3 unspecified atom stereocenters. The summed E-state index contributed by atoms with van der Waals surface area (Å²) >= 11 is 0. The van der Waals surface area contributed by atoms with Gasteiger partial charge in [0, 0.05) is 17.5 Å². The minimum Gasteiger partial charge on any atom is -0.392 e. The fourth-order valence-corrected chi connectivity index (χ4v) is 3.07. The van der Waals surface area contributed by atoms with Gasteiger partial charge in [0.2, 0.25) is 0 Å². The third-order valence-corrected chi connectivity index (χ3v) is 3.91. The lowest BCUT2D eigenvalue weighted by Crippen LogP contribution is -2.57. The van der Waals surface area contributed by atoms with Gasteiger partial charge in [0.1, 0.15) is 6.10 Å². The van der Waals surface area contributed by atoms with E-state index in [-0.39, 0.29) is 11.6 Å². The molecule has 2 aliphatic rings. The molecule has 4 heteroatoms. The molecule has 0 saturated carbocycles. The molecular formula is C15H16O4. The van der Waals surface area contributed by atoms with Crippen molar-refractivity contribution in [2.45, 2.75) is 38.1 Å². The van der Waals surface area contributed by atoms with Crippen LogP contribution in [0.2, 0.25) is 0 Å². The number of ketones is 2. The second kappa shape index (κ2) is 3.99. The molecule has 3 atom stereocenters. The highest BCUT2D eigenvalue weighted by atomic mass is 16.5. The Labute approximate surface area is 111 Å². The first-order chi connectivity index (χ1) is 8.91. The van der Waals surface area contributed by atoms with Crippen LogP contribution in [0.4, 0.5) is 0 Å². The third-order valence-electron chi connectivity index (χ3n) is 3.91. The number of aliphatic hydroxyl groups excluding tert-OH is 1. The molecule has 0 amide bonds. The summed E-state index contributed by atoms with van der Waals surface area (Å²) in [6.45, 7) is 3.65. The zero-order valence-corrected chi connectivity index (χ0v) is 10.9. The highest BCUT2D eigenvalue weighted by Crippen LogP contribution is 2.39. The fourth-order valence-electron chi connectivity index (χ4n) is 3.07. The summed E-state index contributed by atoms with van der Waals surface area (Å²) < 4.78 is 5.76. The quantitative estimate of drug-likeness (QED) is 0.769. The van der Waals surface area contributed by atoms with E-state index >= 15 is 0 Å². The molecule has 1 N–H and O–H groups in total. The molecule has 0 radical (unpaired) electrons. The smallest absolute Gasteiger partial charge is 0.193 e. The van der Waals surface area contributed by atoms with Crippen molar-refractivity contribution in [2.75, 3.05) is 0 Å². The maximum atomic E-state index is 12.4. The second-order valence-electron chi connectivity index (χ2n) is 5.87. The van der Waals surface area contributed by atoms with Gasteiger partial charge >= 0.3 is 0 Å². The van der Waals surface area contributed by atoms with Gasteiger partial charge in [0.25, 0.3) is 0 Å². The SMILES string of the molecule is CC1(C)CC(O)C2C(=O)c3ccccc3C(=O)C2O1. The van der Waals surface area contributed by atoms with Crippen molar-refractivity contribution in [1.29, 1.82) is 0 Å². The second-order valence-corrected chi connectivity index (χ2v) is 5.87. The molecule has 1 heterocycles. The third kappa shape index (κ3) is 1.83. The van der Waals surface area contributed by atoms with Gasteiger partial charge in [-0.05, 0) is 13.8 Å². The van der Waals surface area contributed by atoms with Gasteiger partial charge in [0.15, 0.2) is 11.6 Å². The summed E-state index contributed by atoms with van der Waals surface area (Å²) in [5.41, 5.74) is 0.206. The van der Waals surface area contributed by atoms with Crippen molar-refractivity contribution in [3.8, 4) is 0 Å². The normalized spacial score (nSPS) is 32.7. The minimum atomic E-state index is -0.860. The van der Waals surface area contributed by atoms with Crippen LogP contribution in [0.1, 0.15) is 41.0 Å². The Bertz CT molecular complexity index is 561. The number of hydrogen-bond acceptors (Lipinski definition) is 4. The number of carbonyl (C=O) groups excluding carboxylic acids is 2. The van der Waals surface area contributed by atoms with Crippen molar-refractivity contribution in [3.05, 3.63) is 35.4 Å². The fraction of sp³-hybridized carbons (Fsp3) is 0.467. The van der Waals surface area contributed by atoms with Gasteiger partial charge in [-0.2, -0.15) is 0 Å². The largest absolute Gasteiger partial charge is 0.392 e. The first-order valence-electron chi connectivity index (χ1n) is 6.44. The molecule has 0 bridgehead atoms. The monoisotopic (exact) mass is 260 g/mol. The number of fused-ring (bicyclic) bond motifs is 2. The van der Waals surface area contributed by atoms with Crippen molar-refractivity contribution >= 4 is 11.6 Å². The molecule has 4 nitrogen and oxygen atoms in total. The molecular weight excluding hydrogens is 244 g/mol. The van der Waals surface area contributed by atoms with E-state index in [4.69, 9.17) is 4.74 Å². The number of benzene rings is 1. The van der Waals surface area contributed by atoms with Gasteiger partial charge in [-0.25, -0.2) is 0 Å². The zero-order chi connectivity index (χ0) is 13.8. The average Bonchev–Trinajstić information content (AvgIpc) is 2.34. The molecule has 1 saturated heterocycles. The van der Waals surface area contributed by atoms with Crippen LogP contribution in [-0.4, -0.2) is 34.5 Å². The molecule has 100 valence electrons. The minimum absolute atomic E-state index is 0.191. The van der Waals surface area contributed by atoms with Crippen molar-refractivity contribution < 1.29 is 19.4 Å². The Morgan fingerprint density at radius 2 is 1.74 bits per heavy atom. The lowest BCUT2D eigenvalue weighted by atomic mass is 9.72. The van der Waals surface area contributed by atoms with Crippen LogP contribution in [0.3, 0.4) is 0 Å². The molecule has 1 aliphatic carbocycles. The van der Waals surface area contributed by atoms with Crippen LogP contribution in [0.5, 0.6) is 0 Å². The van der Waals surface area contributed by atoms with Gasteiger partial charge < -0.3 is 9.84 Å². The summed E-state index contributed by atoms with van der Waals surface area (Å²) in [7, 11) is 0. The Hall–Kier alpha value is -1.52. The maximum Gasteiger partial charge on any atom is 0.193 e. The number of carbonyl (C=O) groups is 2. The number of Topliss-reactive ketones (excluding diaryl/α,β-unsaturated/α-hetero) is 2. The molecule has 1 aromatic rings. The Balaban J connectivity index is 2.11. The van der Waals surface area contributed by atoms with Crippen molar-refractivity contribution in [1.82, 2.24) is 0 Å². The molecule has 1 aromatic carbocycles. The summed E-state index contributed by atoms with van der Waals surface area (Å²) in [6, 6.07) is 6.74. The van der Waals surface area contributed by atoms with Crippen LogP contribution in [0, 0.1) is 5.92 Å². The van der Waals surface area contributed by atoms with E-state index in [0.717, 1.165) is 0 Å². The van der Waals surface area contributed by atoms with E-state index < -0.39 is 23.7 Å². The molecule has 0 spiro atoms. The van der Waals surface area contributed by atoms with Gasteiger partial charge in [0.05, 0.1) is 17.6 Å². The summed E-state index contributed by atoms with van der Waals surface area (Å²) in [5, 5.41) is 10.2. The first-order valence-corrected chi connectivity index (χ1v) is 6.44. The van der Waals surface area contributed by atoms with E-state index in [0.29, 0.717) is 17.5 Å². The standard InChI is InChI=1S/C15H16O4/c1-15(2)7-10(16)11-12(17)8-5-3-4-6-9(8)13(18)14(11)19-15/h3-6,10-11,14,16H,7H2,1-2H3. The predicted octanol–water partition coefficient (Wildman–Crippen LogP) is 1.61. The van der Waals surface area contributed by atoms with Crippen LogP contribution in [0.15, 0.2) is 24.3 Å². The van der Waals surface area contributed by atoms with E-state index in [1.165, 1.54) is 0 Å². The summed E-state index contributed by atoms with van der Waals surface area (Å²) in [4.78, 5) is 24.9. The molecule has 3 rings (SSSR count). The number of rotatable bonds is 0. The molecule has 1 fully saturated rings. The van der Waals surface area contributed by atoms with Gasteiger partial charge in [-0.3, -0.25) is 9.59 Å². The maximum absolute atomic E-state index is 12.4. The summed E-state index contributed by atoms with van der Waals surface area (Å²) in [6.07, 6.45) is -1.34. The summed E-state index contributed by atoms with van der Waals surface area (Å²) in [5.74, 6) is -1.16. The molecule has 1 aliphatic heterocycles. The van der Waals surface area contributed by atoms with Crippen LogP contribution >= 0.6 is 0 Å².